The molecule has 0 heterocycles. The second kappa shape index (κ2) is 22.2. The Balaban J connectivity index is 1.34. The fraction of sp³-hybridized carbons (Fsp3) is 0.538. The van der Waals surface area contributed by atoms with Crippen LogP contribution in [-0.4, -0.2) is 13.2 Å². The zero-order chi connectivity index (χ0) is 40.0. The van der Waals surface area contributed by atoms with Gasteiger partial charge in [-0.1, -0.05) is 115 Å². The first-order chi connectivity index (χ1) is 27.9. The largest absolute Gasteiger partial charge is 0.494 e. The van der Waals surface area contributed by atoms with Gasteiger partial charge in [0.2, 0.25) is 0 Å². The van der Waals surface area contributed by atoms with E-state index in [0.717, 1.165) is 97.0 Å². The summed E-state index contributed by atoms with van der Waals surface area (Å²) in [6.45, 7) is 10.2. The molecule has 0 N–H and O–H groups in total. The van der Waals surface area contributed by atoms with Gasteiger partial charge < -0.3 is 9.47 Å². The molecule has 2 unspecified atom stereocenters. The lowest BCUT2D eigenvalue weighted by molar-refractivity contribution is 0.308. The average Bonchev–Trinajstić information content (AvgIpc) is 3.23. The molecule has 2 saturated carbocycles. The van der Waals surface area contributed by atoms with Crippen LogP contribution >= 0.6 is 11.8 Å². The Labute approximate surface area is 347 Å². The summed E-state index contributed by atoms with van der Waals surface area (Å²) in [7, 11) is 0. The van der Waals surface area contributed by atoms with Crippen molar-refractivity contribution in [2.24, 2.45) is 11.8 Å². The van der Waals surface area contributed by atoms with Crippen molar-refractivity contribution in [2.45, 2.75) is 153 Å². The Morgan fingerprint density at radius 1 is 0.509 bits per heavy atom. The number of thioether (sulfide) groups is 1. The van der Waals surface area contributed by atoms with E-state index in [-0.39, 0.29) is 22.1 Å². The molecule has 0 radical (unpaired) electrons. The normalized spacial score (nSPS) is 20.9. The summed E-state index contributed by atoms with van der Waals surface area (Å²) in [5.74, 6) is 3.65. The molecule has 0 saturated heterocycles. The lowest BCUT2D eigenvalue weighted by atomic mass is 9.77. The summed E-state index contributed by atoms with van der Waals surface area (Å²) in [6.07, 6.45) is 18.5. The minimum atomic E-state index is -0.387. The van der Waals surface area contributed by atoms with Crippen LogP contribution in [0, 0.1) is 23.5 Å². The summed E-state index contributed by atoms with van der Waals surface area (Å²) in [5.41, 5.74) is 5.42. The molecule has 2 aliphatic rings. The minimum Gasteiger partial charge on any atom is -0.494 e. The highest BCUT2D eigenvalue weighted by molar-refractivity contribution is 8.00. The molecule has 6 rings (SSSR count). The van der Waals surface area contributed by atoms with Crippen molar-refractivity contribution in [1.82, 2.24) is 0 Å². The first kappa shape index (κ1) is 43.3. The molecule has 2 aliphatic carbocycles. The van der Waals surface area contributed by atoms with Crippen LogP contribution in [0.3, 0.4) is 0 Å². The minimum absolute atomic E-state index is 0.183. The van der Waals surface area contributed by atoms with Crippen molar-refractivity contribution in [3.8, 4) is 11.5 Å². The van der Waals surface area contributed by atoms with Crippen molar-refractivity contribution >= 4 is 11.8 Å². The molecular formula is C52H68F2O2S. The van der Waals surface area contributed by atoms with Gasteiger partial charge in [0.15, 0.2) is 0 Å². The van der Waals surface area contributed by atoms with Crippen LogP contribution in [0.1, 0.15) is 186 Å². The lowest BCUT2D eigenvalue weighted by Crippen LogP contribution is -2.14. The maximum Gasteiger partial charge on any atom is 0.128 e. The molecule has 4 aromatic carbocycles. The maximum atomic E-state index is 16.8. The number of benzene rings is 4. The third-order valence-corrected chi connectivity index (χ3v) is 14.4. The molecule has 308 valence electrons. The van der Waals surface area contributed by atoms with E-state index in [0.29, 0.717) is 36.2 Å². The van der Waals surface area contributed by atoms with E-state index in [2.05, 4.69) is 64.1 Å². The number of halogens is 2. The number of hydrogen-bond donors (Lipinski definition) is 0. The van der Waals surface area contributed by atoms with E-state index >= 15 is 8.78 Å². The first-order valence-electron chi connectivity index (χ1n) is 22.6. The van der Waals surface area contributed by atoms with Crippen molar-refractivity contribution < 1.29 is 18.3 Å². The van der Waals surface area contributed by atoms with E-state index in [1.807, 2.05) is 36.4 Å². The van der Waals surface area contributed by atoms with Gasteiger partial charge in [0.05, 0.1) is 23.7 Å². The zero-order valence-electron chi connectivity index (χ0n) is 35.3. The first-order valence-corrected chi connectivity index (χ1v) is 23.5. The summed E-state index contributed by atoms with van der Waals surface area (Å²) in [6, 6.07) is 28.2. The summed E-state index contributed by atoms with van der Waals surface area (Å²) in [4.78, 5) is 0. The van der Waals surface area contributed by atoms with Gasteiger partial charge in [-0.2, -0.15) is 0 Å². The molecular weight excluding hydrogens is 727 g/mol. The standard InChI is InChI=1S/C52H68F2O2S/c1-5-9-33-55-45-27-21-41(22-28-45)51(47-31-25-43(35-49(47)53)39-17-13-37(11-7-3)14-18-39)57-52(42-23-29-46(30-24-42)56-34-10-6-2)48-32-26-44(36-50(48)54)40-19-15-38(12-8-4)16-20-40/h21-32,35-40,51-52H,5-20,33-34H2,1-4H3. The highest BCUT2D eigenvalue weighted by Gasteiger charge is 2.30. The van der Waals surface area contributed by atoms with Crippen LogP contribution < -0.4 is 9.47 Å². The molecule has 2 nitrogen and oxygen atoms in total. The molecule has 5 heteroatoms. The average molecular weight is 795 g/mol. The van der Waals surface area contributed by atoms with Crippen molar-refractivity contribution in [1.29, 1.82) is 0 Å². The smallest absolute Gasteiger partial charge is 0.128 e. The molecule has 4 aromatic rings. The van der Waals surface area contributed by atoms with Gasteiger partial charge >= 0.3 is 0 Å². The Hall–Kier alpha value is -3.31. The highest BCUT2D eigenvalue weighted by Crippen LogP contribution is 2.50. The van der Waals surface area contributed by atoms with Crippen LogP contribution in [0.15, 0.2) is 84.9 Å². The molecule has 2 fully saturated rings. The quantitative estimate of drug-likeness (QED) is 0.0830. The van der Waals surface area contributed by atoms with Crippen molar-refractivity contribution in [3.05, 3.63) is 130 Å². The molecule has 0 spiro atoms. The van der Waals surface area contributed by atoms with Crippen LogP contribution in [0.4, 0.5) is 8.78 Å². The molecule has 2 atom stereocenters. The molecule has 0 aromatic heterocycles. The number of rotatable bonds is 20. The summed E-state index contributed by atoms with van der Waals surface area (Å²) >= 11 is 1.62. The molecule has 57 heavy (non-hydrogen) atoms. The molecule has 0 bridgehead atoms. The van der Waals surface area contributed by atoms with Crippen molar-refractivity contribution in [2.75, 3.05) is 13.2 Å². The van der Waals surface area contributed by atoms with Crippen LogP contribution in [0.25, 0.3) is 0 Å². The van der Waals surface area contributed by atoms with Gasteiger partial charge in [0.1, 0.15) is 23.1 Å². The third kappa shape index (κ3) is 11.9. The predicted octanol–water partition coefficient (Wildman–Crippen LogP) is 16.1. The van der Waals surface area contributed by atoms with Gasteiger partial charge in [-0.05, 0) is 147 Å². The third-order valence-electron chi connectivity index (χ3n) is 12.8. The van der Waals surface area contributed by atoms with Crippen LogP contribution in [0.2, 0.25) is 0 Å². The number of ether oxygens (including phenoxy) is 2. The monoisotopic (exact) mass is 794 g/mol. The SMILES string of the molecule is CCCCOc1ccc(C(SC(c2ccc(OCCCC)cc2)c2ccc(C3CCC(CCC)CC3)cc2F)c2ccc(C3CCC(CCC)CC3)cc2F)cc1. The van der Waals surface area contributed by atoms with Gasteiger partial charge in [0, 0.05) is 11.1 Å². The second-order valence-corrected chi connectivity index (χ2v) is 18.2. The predicted molar refractivity (Wildman–Crippen MR) is 237 cm³/mol. The van der Waals surface area contributed by atoms with E-state index in [1.165, 1.54) is 51.4 Å². The van der Waals surface area contributed by atoms with Gasteiger partial charge in [-0.25, -0.2) is 8.78 Å². The Kier molecular flexibility index (Phi) is 16.8. The Morgan fingerprint density at radius 3 is 1.23 bits per heavy atom. The Morgan fingerprint density at radius 2 is 0.895 bits per heavy atom. The van der Waals surface area contributed by atoms with Gasteiger partial charge in [-0.3, -0.25) is 0 Å². The van der Waals surface area contributed by atoms with E-state index in [4.69, 9.17) is 9.47 Å². The zero-order valence-corrected chi connectivity index (χ0v) is 36.1. The molecule has 0 aliphatic heterocycles. The highest BCUT2D eigenvalue weighted by atomic mass is 32.2. The summed E-state index contributed by atoms with van der Waals surface area (Å²) in [5, 5.41) is -0.773. The van der Waals surface area contributed by atoms with Crippen molar-refractivity contribution in [3.63, 3.8) is 0 Å². The van der Waals surface area contributed by atoms with E-state index in [1.54, 1.807) is 23.9 Å². The van der Waals surface area contributed by atoms with Crippen LogP contribution in [0.5, 0.6) is 11.5 Å². The van der Waals surface area contributed by atoms with E-state index in [9.17, 15) is 0 Å². The van der Waals surface area contributed by atoms with Gasteiger partial charge in [-0.15, -0.1) is 11.8 Å². The lowest BCUT2D eigenvalue weighted by Gasteiger charge is -2.30. The molecule has 0 amide bonds. The maximum absolute atomic E-state index is 16.8. The number of unbranched alkanes of at least 4 members (excludes halogenated alkanes) is 2. The summed E-state index contributed by atoms with van der Waals surface area (Å²) < 4.78 is 45.6. The fourth-order valence-electron chi connectivity index (χ4n) is 9.35. The Bertz CT molecular complexity index is 1640. The second-order valence-electron chi connectivity index (χ2n) is 17.0. The van der Waals surface area contributed by atoms with E-state index < -0.39 is 0 Å². The fourth-order valence-corrected chi connectivity index (χ4v) is 10.9. The van der Waals surface area contributed by atoms with Gasteiger partial charge in [0.25, 0.3) is 0 Å². The number of hydrogen-bond acceptors (Lipinski definition) is 3. The van der Waals surface area contributed by atoms with Crippen LogP contribution in [-0.2, 0) is 0 Å². The topological polar surface area (TPSA) is 18.5 Å².